The predicted octanol–water partition coefficient (Wildman–Crippen LogP) is 4.53. The molecule has 2 nitrogen and oxygen atoms in total. The summed E-state index contributed by atoms with van der Waals surface area (Å²) in [7, 11) is 0. The largest absolute Gasteiger partial charge is 0.321 e. The number of hydrogen-bond donors (Lipinski definition) is 1. The normalized spacial score (nSPS) is 15.2. The summed E-state index contributed by atoms with van der Waals surface area (Å²) in [5.74, 6) is -2.10. The molecule has 0 spiro atoms. The van der Waals surface area contributed by atoms with Crippen LogP contribution in [0.1, 0.15) is 16.7 Å². The maximum absolute atomic E-state index is 13.3. The van der Waals surface area contributed by atoms with E-state index in [2.05, 4.69) is 21.2 Å². The molecule has 21 heavy (non-hydrogen) atoms. The lowest BCUT2D eigenvalue weighted by Gasteiger charge is -2.06. The van der Waals surface area contributed by atoms with Crippen LogP contribution in [0.3, 0.4) is 0 Å². The second-order valence-electron chi connectivity index (χ2n) is 4.78. The summed E-state index contributed by atoms with van der Waals surface area (Å²) in [6.45, 7) is 1.89. The van der Waals surface area contributed by atoms with Gasteiger partial charge in [0.05, 0.1) is 0 Å². The maximum Gasteiger partial charge on any atom is 0.256 e. The molecular formula is C16H10BrF2NO. The molecule has 0 saturated carbocycles. The third-order valence-electron chi connectivity index (χ3n) is 3.42. The number of amides is 1. The Morgan fingerprint density at radius 3 is 2.62 bits per heavy atom. The van der Waals surface area contributed by atoms with Crippen LogP contribution in [0.5, 0.6) is 0 Å². The van der Waals surface area contributed by atoms with Crippen LogP contribution in [0.2, 0.25) is 0 Å². The van der Waals surface area contributed by atoms with Gasteiger partial charge in [0.25, 0.3) is 5.91 Å². The first kappa shape index (κ1) is 13.9. The van der Waals surface area contributed by atoms with E-state index < -0.39 is 11.6 Å². The molecule has 2 aromatic rings. The molecule has 1 heterocycles. The Morgan fingerprint density at radius 2 is 1.90 bits per heavy atom. The zero-order valence-corrected chi connectivity index (χ0v) is 12.6. The molecule has 106 valence electrons. The SMILES string of the molecule is Cc1c(Br)ccc2c1C(=Cc1ccc(F)c(F)c1)C(=O)N2. The van der Waals surface area contributed by atoms with Gasteiger partial charge in [-0.1, -0.05) is 22.0 Å². The van der Waals surface area contributed by atoms with Crippen molar-refractivity contribution < 1.29 is 13.6 Å². The number of nitrogens with one attached hydrogen (secondary N) is 1. The molecule has 0 bridgehead atoms. The number of hydrogen-bond acceptors (Lipinski definition) is 1. The van der Waals surface area contributed by atoms with Crippen molar-refractivity contribution >= 4 is 39.2 Å². The van der Waals surface area contributed by atoms with Gasteiger partial charge in [0.15, 0.2) is 11.6 Å². The summed E-state index contributed by atoms with van der Waals surface area (Å²) in [4.78, 5) is 12.1. The highest BCUT2D eigenvalue weighted by molar-refractivity contribution is 9.10. The number of carbonyl (C=O) groups excluding carboxylic acids is 1. The highest BCUT2D eigenvalue weighted by Crippen LogP contribution is 2.38. The van der Waals surface area contributed by atoms with Gasteiger partial charge in [0.1, 0.15) is 0 Å². The summed E-state index contributed by atoms with van der Waals surface area (Å²) in [5, 5.41) is 2.77. The molecule has 0 saturated heterocycles. The average molecular weight is 350 g/mol. The second-order valence-corrected chi connectivity index (χ2v) is 5.63. The van der Waals surface area contributed by atoms with Crippen molar-refractivity contribution in [1.29, 1.82) is 0 Å². The maximum atomic E-state index is 13.3. The minimum Gasteiger partial charge on any atom is -0.321 e. The van der Waals surface area contributed by atoms with Crippen LogP contribution in [-0.4, -0.2) is 5.91 Å². The Kier molecular flexibility index (Phi) is 3.37. The van der Waals surface area contributed by atoms with Crippen LogP contribution in [0.25, 0.3) is 11.6 Å². The molecular weight excluding hydrogens is 340 g/mol. The van der Waals surface area contributed by atoms with Crippen LogP contribution >= 0.6 is 15.9 Å². The molecule has 0 aromatic heterocycles. The van der Waals surface area contributed by atoms with E-state index in [1.165, 1.54) is 6.07 Å². The summed E-state index contributed by atoms with van der Waals surface area (Å²) < 4.78 is 27.1. The van der Waals surface area contributed by atoms with E-state index in [1.54, 1.807) is 12.1 Å². The van der Waals surface area contributed by atoms with Gasteiger partial charge in [-0.15, -0.1) is 0 Å². The van der Waals surface area contributed by atoms with Crippen molar-refractivity contribution in [3.63, 3.8) is 0 Å². The molecule has 0 aliphatic carbocycles. The molecule has 1 aliphatic heterocycles. The molecule has 1 N–H and O–H groups in total. The van der Waals surface area contributed by atoms with E-state index in [4.69, 9.17) is 0 Å². The lowest BCUT2D eigenvalue weighted by Crippen LogP contribution is -2.03. The quantitative estimate of drug-likeness (QED) is 0.753. The van der Waals surface area contributed by atoms with Gasteiger partial charge >= 0.3 is 0 Å². The first-order valence-corrected chi connectivity index (χ1v) is 7.04. The zero-order valence-electron chi connectivity index (χ0n) is 11.0. The molecule has 0 radical (unpaired) electrons. The first-order chi connectivity index (χ1) is 9.97. The zero-order chi connectivity index (χ0) is 15.1. The van der Waals surface area contributed by atoms with Gasteiger partial charge in [0, 0.05) is 21.3 Å². The van der Waals surface area contributed by atoms with Crippen molar-refractivity contribution in [3.8, 4) is 0 Å². The van der Waals surface area contributed by atoms with Crippen LogP contribution in [0.15, 0.2) is 34.8 Å². The Hall–Kier alpha value is -2.01. The third kappa shape index (κ3) is 2.38. The molecule has 0 atom stereocenters. The standard InChI is InChI=1S/C16H10BrF2NO/c1-8-11(17)3-5-14-15(8)10(16(21)20-14)6-9-2-4-12(18)13(19)7-9/h2-7H,1H3,(H,20,21). The molecule has 0 fully saturated rings. The van der Waals surface area contributed by atoms with Crippen molar-refractivity contribution in [2.75, 3.05) is 5.32 Å². The van der Waals surface area contributed by atoms with E-state index >= 15 is 0 Å². The average Bonchev–Trinajstić information content (AvgIpc) is 2.76. The topological polar surface area (TPSA) is 29.1 Å². The molecule has 1 aliphatic rings. The van der Waals surface area contributed by atoms with Crippen molar-refractivity contribution in [3.05, 3.63) is 63.1 Å². The van der Waals surface area contributed by atoms with Gasteiger partial charge in [-0.25, -0.2) is 8.78 Å². The molecule has 3 rings (SSSR count). The first-order valence-electron chi connectivity index (χ1n) is 6.25. The number of anilines is 1. The van der Waals surface area contributed by atoms with Gasteiger partial charge in [0.2, 0.25) is 0 Å². The predicted molar refractivity (Wildman–Crippen MR) is 81.7 cm³/mol. The lowest BCUT2D eigenvalue weighted by atomic mass is 9.99. The highest BCUT2D eigenvalue weighted by Gasteiger charge is 2.26. The molecule has 0 unspecified atom stereocenters. The fourth-order valence-corrected chi connectivity index (χ4v) is 2.68. The molecule has 2 aromatic carbocycles. The number of rotatable bonds is 1. The van der Waals surface area contributed by atoms with Crippen LogP contribution in [0, 0.1) is 18.6 Å². The molecule has 1 amide bonds. The minimum absolute atomic E-state index is 0.254. The van der Waals surface area contributed by atoms with Crippen LogP contribution < -0.4 is 5.32 Å². The summed E-state index contributed by atoms with van der Waals surface area (Å²) in [6, 6.07) is 7.21. The summed E-state index contributed by atoms with van der Waals surface area (Å²) >= 11 is 3.43. The fourth-order valence-electron chi connectivity index (χ4n) is 2.35. The van der Waals surface area contributed by atoms with Gasteiger partial charge in [-0.3, -0.25) is 4.79 Å². The Morgan fingerprint density at radius 1 is 1.14 bits per heavy atom. The van der Waals surface area contributed by atoms with Gasteiger partial charge < -0.3 is 5.32 Å². The number of carbonyl (C=O) groups is 1. The van der Waals surface area contributed by atoms with Gasteiger partial charge in [-0.05, 0) is 48.4 Å². The third-order valence-corrected chi connectivity index (χ3v) is 4.27. The Balaban J connectivity index is 2.16. The summed E-state index contributed by atoms with van der Waals surface area (Å²) in [6.07, 6.45) is 1.56. The lowest BCUT2D eigenvalue weighted by molar-refractivity contribution is -0.110. The molecule has 5 heteroatoms. The monoisotopic (exact) mass is 349 g/mol. The van der Waals surface area contributed by atoms with Crippen molar-refractivity contribution in [2.24, 2.45) is 0 Å². The summed E-state index contributed by atoms with van der Waals surface area (Å²) in [5.41, 5.74) is 3.29. The van der Waals surface area contributed by atoms with Crippen molar-refractivity contribution in [2.45, 2.75) is 6.92 Å². The Labute approximate surface area is 128 Å². The smallest absolute Gasteiger partial charge is 0.256 e. The van der Waals surface area contributed by atoms with E-state index in [1.807, 2.05) is 13.0 Å². The van der Waals surface area contributed by atoms with E-state index in [0.29, 0.717) is 11.1 Å². The van der Waals surface area contributed by atoms with Crippen LogP contribution in [-0.2, 0) is 4.79 Å². The van der Waals surface area contributed by atoms with Crippen molar-refractivity contribution in [1.82, 2.24) is 0 Å². The van der Waals surface area contributed by atoms with E-state index in [-0.39, 0.29) is 5.91 Å². The van der Waals surface area contributed by atoms with E-state index in [9.17, 15) is 13.6 Å². The minimum atomic E-state index is -0.936. The fraction of sp³-hybridized carbons (Fsp3) is 0.0625. The van der Waals surface area contributed by atoms with E-state index in [0.717, 1.165) is 33.4 Å². The number of fused-ring (bicyclic) bond motifs is 1. The Bertz CT molecular complexity index is 799. The van der Waals surface area contributed by atoms with Gasteiger partial charge in [-0.2, -0.15) is 0 Å². The number of benzene rings is 2. The number of halogens is 3. The second kappa shape index (κ2) is 5.07. The highest BCUT2D eigenvalue weighted by atomic mass is 79.9. The van der Waals surface area contributed by atoms with Crippen LogP contribution in [0.4, 0.5) is 14.5 Å².